The van der Waals surface area contributed by atoms with Crippen molar-refractivity contribution in [3.05, 3.63) is 76.6 Å². The smallest absolute Gasteiger partial charge is 0.190 e. The summed E-state index contributed by atoms with van der Waals surface area (Å²) < 4.78 is 47.1. The molecule has 2 aliphatic rings. The van der Waals surface area contributed by atoms with E-state index in [9.17, 15) is 13.2 Å². The molecule has 0 aromatic heterocycles. The molecule has 4 unspecified atom stereocenters. The van der Waals surface area contributed by atoms with Crippen molar-refractivity contribution in [2.45, 2.75) is 51.4 Å². The summed E-state index contributed by atoms with van der Waals surface area (Å²) in [5, 5.41) is 0. The van der Waals surface area contributed by atoms with Crippen LogP contribution in [0.25, 0.3) is 0 Å². The molecule has 0 amide bonds. The molecule has 4 atom stereocenters. The van der Waals surface area contributed by atoms with Crippen LogP contribution >= 0.6 is 0 Å². The van der Waals surface area contributed by atoms with E-state index in [4.69, 9.17) is 0 Å². The van der Waals surface area contributed by atoms with Gasteiger partial charge in [-0.05, 0) is 98.9 Å². The molecular weight excluding hydrogens is 409 g/mol. The number of halogens is 3. The largest absolute Gasteiger partial charge is 0.491 e. The van der Waals surface area contributed by atoms with Crippen molar-refractivity contribution < 1.29 is 17.9 Å². The molecule has 2 aromatic carbocycles. The van der Waals surface area contributed by atoms with E-state index in [1.54, 1.807) is 12.1 Å². The Morgan fingerprint density at radius 1 is 0.875 bits per heavy atom. The Morgan fingerprint density at radius 3 is 2.28 bits per heavy atom. The van der Waals surface area contributed by atoms with Crippen molar-refractivity contribution in [3.8, 4) is 17.6 Å². The van der Waals surface area contributed by atoms with Crippen molar-refractivity contribution in [1.29, 1.82) is 0 Å². The van der Waals surface area contributed by atoms with Gasteiger partial charge in [-0.2, -0.15) is 0 Å². The highest BCUT2D eigenvalue weighted by molar-refractivity contribution is 5.46. The average molecular weight is 439 g/mol. The zero-order valence-corrected chi connectivity index (χ0v) is 18.6. The van der Waals surface area contributed by atoms with Crippen molar-refractivity contribution >= 4 is 0 Å². The van der Waals surface area contributed by atoms with Crippen LogP contribution in [0.5, 0.6) is 5.75 Å². The Balaban J connectivity index is 1.45. The summed E-state index contributed by atoms with van der Waals surface area (Å²) >= 11 is 0. The highest BCUT2D eigenvalue weighted by Crippen LogP contribution is 2.47. The molecule has 0 spiro atoms. The lowest BCUT2D eigenvalue weighted by Crippen LogP contribution is -2.30. The van der Waals surface area contributed by atoms with Gasteiger partial charge < -0.3 is 4.74 Å². The van der Waals surface area contributed by atoms with Crippen LogP contribution in [0.4, 0.5) is 13.2 Å². The summed E-state index contributed by atoms with van der Waals surface area (Å²) in [5.41, 5.74) is 1.39. The number of hydrogen-bond acceptors (Lipinski definition) is 1. The molecule has 0 heterocycles. The summed E-state index contributed by atoms with van der Waals surface area (Å²) in [6.45, 7) is 2.10. The zero-order valence-electron chi connectivity index (χ0n) is 18.6. The van der Waals surface area contributed by atoms with Gasteiger partial charge >= 0.3 is 0 Å². The second-order valence-corrected chi connectivity index (χ2v) is 9.09. The van der Waals surface area contributed by atoms with Crippen molar-refractivity contribution in [3.63, 3.8) is 0 Å². The van der Waals surface area contributed by atoms with E-state index in [-0.39, 0.29) is 16.9 Å². The Bertz CT molecular complexity index is 1040. The first-order valence-corrected chi connectivity index (χ1v) is 11.5. The fourth-order valence-electron chi connectivity index (χ4n) is 5.53. The topological polar surface area (TPSA) is 9.23 Å². The SMILES string of the molecule is C/C=C/C1CCC2CC(c3ccc(C#Cc4cc(F)c(OC)c(F)c4)c(F)c3)CCC2C1. The number of allylic oxidation sites excluding steroid dienone is 2. The average Bonchev–Trinajstić information content (AvgIpc) is 2.78. The van der Waals surface area contributed by atoms with Gasteiger partial charge in [0.1, 0.15) is 5.82 Å². The maximum atomic E-state index is 14.8. The van der Waals surface area contributed by atoms with E-state index in [0.717, 1.165) is 48.3 Å². The maximum absolute atomic E-state index is 14.8. The molecular formula is C28H29F3O. The van der Waals surface area contributed by atoms with Crippen LogP contribution in [-0.4, -0.2) is 7.11 Å². The molecule has 0 aliphatic heterocycles. The van der Waals surface area contributed by atoms with Crippen molar-refractivity contribution in [2.75, 3.05) is 7.11 Å². The first-order valence-electron chi connectivity index (χ1n) is 11.5. The minimum atomic E-state index is -0.831. The highest BCUT2D eigenvalue weighted by Gasteiger charge is 2.35. The van der Waals surface area contributed by atoms with Gasteiger partial charge in [0.2, 0.25) is 0 Å². The van der Waals surface area contributed by atoms with Gasteiger partial charge in [0.05, 0.1) is 12.7 Å². The Morgan fingerprint density at radius 2 is 1.59 bits per heavy atom. The highest BCUT2D eigenvalue weighted by atomic mass is 19.1. The number of fused-ring (bicyclic) bond motifs is 1. The predicted molar refractivity (Wildman–Crippen MR) is 121 cm³/mol. The van der Waals surface area contributed by atoms with Crippen LogP contribution in [0.15, 0.2) is 42.5 Å². The van der Waals surface area contributed by atoms with Crippen LogP contribution in [-0.2, 0) is 0 Å². The molecule has 1 nitrogen and oxygen atoms in total. The van der Waals surface area contributed by atoms with Crippen LogP contribution in [0.1, 0.15) is 68.1 Å². The summed E-state index contributed by atoms with van der Waals surface area (Å²) in [7, 11) is 1.20. The third-order valence-electron chi connectivity index (χ3n) is 7.13. The molecule has 0 bridgehead atoms. The number of hydrogen-bond donors (Lipinski definition) is 0. The van der Waals surface area contributed by atoms with Gasteiger partial charge in [0, 0.05) is 5.56 Å². The van der Waals surface area contributed by atoms with Crippen LogP contribution in [0, 0.1) is 47.0 Å². The molecule has 0 saturated heterocycles. The zero-order chi connectivity index (χ0) is 22.7. The number of methoxy groups -OCH3 is 1. The lowest BCUT2D eigenvalue weighted by Gasteiger charge is -2.41. The fraction of sp³-hybridized carbons (Fsp3) is 0.429. The minimum Gasteiger partial charge on any atom is -0.491 e. The van der Waals surface area contributed by atoms with Crippen molar-refractivity contribution in [1.82, 2.24) is 0 Å². The predicted octanol–water partition coefficient (Wildman–Crippen LogP) is 7.39. The van der Waals surface area contributed by atoms with Gasteiger partial charge in [-0.25, -0.2) is 13.2 Å². The van der Waals surface area contributed by atoms with Crippen LogP contribution in [0.3, 0.4) is 0 Å². The quantitative estimate of drug-likeness (QED) is 0.359. The van der Waals surface area contributed by atoms with Gasteiger partial charge in [0.25, 0.3) is 0 Å². The standard InChI is InChI=1S/C28H29F3O/c1-3-4-18-5-8-22-16-23(12-11-21(22)13-18)24-10-9-20(25(29)17-24)7-6-19-14-26(30)28(32-2)27(31)15-19/h3-4,9-10,14-15,17-18,21-23H,5,8,11-13,16H2,1-2H3/b4-3+. The van der Waals surface area contributed by atoms with Gasteiger partial charge in [-0.1, -0.05) is 30.1 Å². The lowest BCUT2D eigenvalue weighted by atomic mass is 9.64. The molecule has 0 radical (unpaired) electrons. The molecule has 2 aliphatic carbocycles. The molecule has 32 heavy (non-hydrogen) atoms. The lowest BCUT2D eigenvalue weighted by molar-refractivity contribution is 0.133. The van der Waals surface area contributed by atoms with Gasteiger partial charge in [-0.15, -0.1) is 0 Å². The Kier molecular flexibility index (Phi) is 6.94. The van der Waals surface area contributed by atoms with E-state index in [0.29, 0.717) is 5.92 Å². The summed E-state index contributed by atoms with van der Waals surface area (Å²) in [4.78, 5) is 0. The second-order valence-electron chi connectivity index (χ2n) is 9.09. The maximum Gasteiger partial charge on any atom is 0.190 e. The van der Waals surface area contributed by atoms with E-state index in [1.165, 1.54) is 32.8 Å². The van der Waals surface area contributed by atoms with Gasteiger partial charge in [0.15, 0.2) is 17.4 Å². The van der Waals surface area contributed by atoms with Crippen LogP contribution < -0.4 is 4.74 Å². The van der Waals surface area contributed by atoms with Crippen molar-refractivity contribution in [2.24, 2.45) is 17.8 Å². The monoisotopic (exact) mass is 438 g/mol. The molecule has 4 rings (SSSR count). The third-order valence-corrected chi connectivity index (χ3v) is 7.13. The molecule has 2 saturated carbocycles. The Labute approximate surface area is 188 Å². The van der Waals surface area contributed by atoms with E-state index >= 15 is 0 Å². The fourth-order valence-corrected chi connectivity index (χ4v) is 5.53. The first-order chi connectivity index (χ1) is 15.5. The second kappa shape index (κ2) is 9.86. The van der Waals surface area contributed by atoms with E-state index in [1.807, 2.05) is 6.07 Å². The van der Waals surface area contributed by atoms with Gasteiger partial charge in [-0.3, -0.25) is 0 Å². The summed E-state index contributed by atoms with van der Waals surface area (Å²) in [6.07, 6.45) is 11.8. The summed E-state index contributed by atoms with van der Waals surface area (Å²) in [6, 6.07) is 7.41. The summed E-state index contributed by atoms with van der Waals surface area (Å²) in [5.74, 6) is 5.50. The molecule has 2 fully saturated rings. The molecule has 2 aromatic rings. The van der Waals surface area contributed by atoms with Crippen LogP contribution in [0.2, 0.25) is 0 Å². The molecule has 0 N–H and O–H groups in total. The number of benzene rings is 2. The molecule has 168 valence electrons. The van der Waals surface area contributed by atoms with E-state index < -0.39 is 17.4 Å². The number of rotatable bonds is 3. The minimum absolute atomic E-state index is 0.135. The number of ether oxygens (including phenoxy) is 1. The molecule has 4 heteroatoms. The Hall–Kier alpha value is -2.67. The third kappa shape index (κ3) is 4.88. The first kappa shape index (κ1) is 22.5. The normalized spacial score (nSPS) is 25.2. The van der Waals surface area contributed by atoms with E-state index in [2.05, 4.69) is 35.7 Å².